The van der Waals surface area contributed by atoms with E-state index in [2.05, 4.69) is 15.5 Å². The van der Waals surface area contributed by atoms with Gasteiger partial charge in [-0.3, -0.25) is 5.32 Å². The largest absolute Gasteiger partial charge is 0.452 e. The molecule has 0 aliphatic carbocycles. The summed E-state index contributed by atoms with van der Waals surface area (Å²) in [6.07, 6.45) is -0.609. The summed E-state index contributed by atoms with van der Waals surface area (Å²) in [6.45, 7) is 5.13. The summed E-state index contributed by atoms with van der Waals surface area (Å²) in [5.41, 5.74) is 0.859. The molecule has 0 saturated carbocycles. The smallest absolute Gasteiger partial charge is 0.412 e. The summed E-state index contributed by atoms with van der Waals surface area (Å²) < 4.78 is 15.5. The van der Waals surface area contributed by atoms with Gasteiger partial charge in [0, 0.05) is 11.3 Å². The van der Waals surface area contributed by atoms with Crippen LogP contribution in [0.4, 0.5) is 10.5 Å². The summed E-state index contributed by atoms with van der Waals surface area (Å²) in [6, 6.07) is 15.7. The first-order chi connectivity index (χ1) is 13.8. The predicted octanol–water partition coefficient (Wildman–Crippen LogP) is 4.44. The van der Waals surface area contributed by atoms with Crippen molar-refractivity contribution >= 4 is 17.7 Å². The minimum atomic E-state index is -0.622. The topological polar surface area (TPSA) is 104 Å². The molecule has 2 aromatic carbocycles. The first-order valence-electron chi connectivity index (χ1n) is 8.95. The third-order valence-electron chi connectivity index (χ3n) is 3.57. The molecule has 3 aromatic rings. The standard InChI is InChI=1S/C21H21N3O5/c1-21(2,3)28-20(26)22-16-11-7-10-15(12-16)19(25)27-13-17-23-18(24-29-17)14-8-5-4-6-9-14/h4-12H,13H2,1-3H3,(H,22,26). The van der Waals surface area contributed by atoms with Gasteiger partial charge in [-0.25, -0.2) is 9.59 Å². The van der Waals surface area contributed by atoms with Crippen molar-refractivity contribution in [2.45, 2.75) is 33.0 Å². The normalized spacial score (nSPS) is 11.0. The highest BCUT2D eigenvalue weighted by Gasteiger charge is 2.17. The van der Waals surface area contributed by atoms with Gasteiger partial charge >= 0.3 is 12.1 Å². The van der Waals surface area contributed by atoms with Crippen molar-refractivity contribution in [3.8, 4) is 11.4 Å². The van der Waals surface area contributed by atoms with Crippen LogP contribution in [-0.2, 0) is 16.1 Å². The first kappa shape index (κ1) is 20.1. The van der Waals surface area contributed by atoms with Gasteiger partial charge in [0.15, 0.2) is 6.61 Å². The Kier molecular flexibility index (Phi) is 5.92. The van der Waals surface area contributed by atoms with Crippen LogP contribution < -0.4 is 5.32 Å². The lowest BCUT2D eigenvalue weighted by molar-refractivity contribution is 0.0429. The number of ether oxygens (including phenoxy) is 2. The number of carbonyl (C=O) groups excluding carboxylic acids is 2. The first-order valence-corrected chi connectivity index (χ1v) is 8.95. The Morgan fingerprint density at radius 2 is 1.83 bits per heavy atom. The SMILES string of the molecule is CC(C)(C)OC(=O)Nc1cccc(C(=O)OCc2nc(-c3ccccc3)no2)c1. The molecule has 1 amide bonds. The van der Waals surface area contributed by atoms with Gasteiger partial charge in [0.2, 0.25) is 5.82 Å². The van der Waals surface area contributed by atoms with E-state index in [0.717, 1.165) is 5.56 Å². The molecule has 8 heteroatoms. The highest BCUT2D eigenvalue weighted by atomic mass is 16.6. The molecule has 0 saturated heterocycles. The second-order valence-corrected chi connectivity index (χ2v) is 7.16. The molecule has 0 aliphatic rings. The number of aromatic nitrogens is 2. The minimum Gasteiger partial charge on any atom is -0.452 e. The quantitative estimate of drug-likeness (QED) is 0.637. The Labute approximate surface area is 167 Å². The molecule has 1 aromatic heterocycles. The van der Waals surface area contributed by atoms with Crippen LogP contribution in [-0.4, -0.2) is 27.8 Å². The van der Waals surface area contributed by atoms with Gasteiger partial charge < -0.3 is 14.0 Å². The van der Waals surface area contributed by atoms with Crippen LogP contribution in [0.5, 0.6) is 0 Å². The molecule has 0 unspecified atom stereocenters. The van der Waals surface area contributed by atoms with Gasteiger partial charge in [0.1, 0.15) is 5.60 Å². The molecular formula is C21H21N3O5. The second-order valence-electron chi connectivity index (χ2n) is 7.16. The summed E-state index contributed by atoms with van der Waals surface area (Å²) in [7, 11) is 0. The third-order valence-corrected chi connectivity index (χ3v) is 3.57. The highest BCUT2D eigenvalue weighted by Crippen LogP contribution is 2.17. The van der Waals surface area contributed by atoms with E-state index in [1.807, 2.05) is 30.3 Å². The molecule has 29 heavy (non-hydrogen) atoms. The zero-order chi connectivity index (χ0) is 20.9. The van der Waals surface area contributed by atoms with Crippen LogP contribution in [0.2, 0.25) is 0 Å². The van der Waals surface area contributed by atoms with Crippen molar-refractivity contribution in [3.05, 3.63) is 66.1 Å². The average Bonchev–Trinajstić information content (AvgIpc) is 3.14. The lowest BCUT2D eigenvalue weighted by atomic mass is 10.2. The number of esters is 1. The Hall–Kier alpha value is -3.68. The lowest BCUT2D eigenvalue weighted by Gasteiger charge is -2.19. The molecular weight excluding hydrogens is 374 g/mol. The number of hydrogen-bond donors (Lipinski definition) is 1. The predicted molar refractivity (Wildman–Crippen MR) is 105 cm³/mol. The van der Waals surface area contributed by atoms with E-state index in [-0.39, 0.29) is 18.1 Å². The molecule has 1 N–H and O–H groups in total. The van der Waals surface area contributed by atoms with Crippen LogP contribution in [0.15, 0.2) is 59.1 Å². The molecule has 1 heterocycles. The van der Waals surface area contributed by atoms with Gasteiger partial charge in [0.05, 0.1) is 5.56 Å². The Morgan fingerprint density at radius 3 is 2.55 bits per heavy atom. The maximum absolute atomic E-state index is 12.3. The monoisotopic (exact) mass is 395 g/mol. The zero-order valence-corrected chi connectivity index (χ0v) is 16.3. The van der Waals surface area contributed by atoms with E-state index in [0.29, 0.717) is 11.5 Å². The molecule has 3 rings (SSSR count). The number of carbonyl (C=O) groups is 2. The number of nitrogens with one attached hydrogen (secondary N) is 1. The Balaban J connectivity index is 1.59. The van der Waals surface area contributed by atoms with Crippen molar-refractivity contribution in [2.24, 2.45) is 0 Å². The maximum atomic E-state index is 12.3. The fourth-order valence-corrected chi connectivity index (χ4v) is 2.37. The highest BCUT2D eigenvalue weighted by molar-refractivity contribution is 5.92. The Bertz CT molecular complexity index is 993. The number of hydrogen-bond acceptors (Lipinski definition) is 7. The van der Waals surface area contributed by atoms with Crippen LogP contribution in [0.3, 0.4) is 0 Å². The fourth-order valence-electron chi connectivity index (χ4n) is 2.37. The summed E-state index contributed by atoms with van der Waals surface area (Å²) in [5, 5.41) is 6.45. The van der Waals surface area contributed by atoms with Gasteiger partial charge in [-0.15, -0.1) is 0 Å². The van der Waals surface area contributed by atoms with Gasteiger partial charge in [0.25, 0.3) is 5.89 Å². The summed E-state index contributed by atoms with van der Waals surface area (Å²) in [4.78, 5) is 28.4. The molecule has 0 spiro atoms. The van der Waals surface area contributed by atoms with Gasteiger partial charge in [-0.2, -0.15) is 4.98 Å². The van der Waals surface area contributed by atoms with E-state index >= 15 is 0 Å². The van der Waals surface area contributed by atoms with Crippen molar-refractivity contribution in [3.63, 3.8) is 0 Å². The number of benzene rings is 2. The Morgan fingerprint density at radius 1 is 1.07 bits per heavy atom. The van der Waals surface area contributed by atoms with Crippen molar-refractivity contribution in [1.82, 2.24) is 10.1 Å². The number of nitrogens with zero attached hydrogens (tertiary/aromatic N) is 2. The molecule has 0 fully saturated rings. The van der Waals surface area contributed by atoms with Crippen LogP contribution in [0.25, 0.3) is 11.4 Å². The molecule has 0 atom stereocenters. The van der Waals surface area contributed by atoms with Crippen LogP contribution in [0, 0.1) is 0 Å². The van der Waals surface area contributed by atoms with Crippen molar-refractivity contribution in [2.75, 3.05) is 5.32 Å². The van der Waals surface area contributed by atoms with Gasteiger partial charge in [-0.1, -0.05) is 41.6 Å². The third kappa shape index (κ3) is 5.90. The number of rotatable bonds is 5. The van der Waals surface area contributed by atoms with E-state index in [1.165, 1.54) is 6.07 Å². The fraction of sp³-hybridized carbons (Fsp3) is 0.238. The molecule has 0 radical (unpaired) electrons. The molecule has 8 nitrogen and oxygen atoms in total. The van der Waals surface area contributed by atoms with E-state index in [1.54, 1.807) is 39.0 Å². The van der Waals surface area contributed by atoms with Crippen LogP contribution in [0.1, 0.15) is 37.0 Å². The maximum Gasteiger partial charge on any atom is 0.412 e. The van der Waals surface area contributed by atoms with E-state index in [4.69, 9.17) is 14.0 Å². The number of amides is 1. The van der Waals surface area contributed by atoms with E-state index < -0.39 is 17.7 Å². The van der Waals surface area contributed by atoms with Crippen LogP contribution >= 0.6 is 0 Å². The summed E-state index contributed by atoms with van der Waals surface area (Å²) in [5.74, 6) is 0.0118. The molecule has 150 valence electrons. The van der Waals surface area contributed by atoms with E-state index in [9.17, 15) is 9.59 Å². The second kappa shape index (κ2) is 8.55. The van der Waals surface area contributed by atoms with Crippen molar-refractivity contribution < 1.29 is 23.6 Å². The molecule has 0 bridgehead atoms. The zero-order valence-electron chi connectivity index (χ0n) is 16.3. The molecule has 0 aliphatic heterocycles. The average molecular weight is 395 g/mol. The lowest BCUT2D eigenvalue weighted by Crippen LogP contribution is -2.27. The summed E-state index contributed by atoms with van der Waals surface area (Å²) >= 11 is 0. The van der Waals surface area contributed by atoms with Crippen molar-refractivity contribution in [1.29, 1.82) is 0 Å². The van der Waals surface area contributed by atoms with Gasteiger partial charge in [-0.05, 0) is 39.0 Å². The number of anilines is 1. The minimum absolute atomic E-state index is 0.164.